The third-order valence-electron chi connectivity index (χ3n) is 3.76. The number of aromatic nitrogens is 2. The number of thioether (sulfide) groups is 1. The lowest BCUT2D eigenvalue weighted by molar-refractivity contribution is -0.298. The smallest absolute Gasteiger partial charge is 0.344 e. The van der Waals surface area contributed by atoms with Gasteiger partial charge in [-0.3, -0.25) is 0 Å². The molecule has 29 heavy (non-hydrogen) atoms. The number of hydrogen-bond acceptors (Lipinski definition) is 9. The van der Waals surface area contributed by atoms with E-state index in [-0.39, 0.29) is 23.3 Å². The third-order valence-corrected chi connectivity index (χ3v) is 4.61. The third kappa shape index (κ3) is 5.14. The van der Waals surface area contributed by atoms with E-state index < -0.39 is 11.9 Å². The normalized spacial score (nSPS) is 11.4. The van der Waals surface area contributed by atoms with Crippen LogP contribution in [0.1, 0.15) is 18.4 Å². The number of carboxylic acid groups (broad SMARTS) is 1. The van der Waals surface area contributed by atoms with Crippen molar-refractivity contribution in [2.24, 2.45) is 0 Å². The molecule has 3 rings (SSSR count). The van der Waals surface area contributed by atoms with E-state index in [9.17, 15) is 14.7 Å². The molecule has 0 fully saturated rings. The Kier molecular flexibility index (Phi) is 6.50. The van der Waals surface area contributed by atoms with Crippen molar-refractivity contribution in [3.63, 3.8) is 0 Å². The maximum atomic E-state index is 11.7. The molecule has 0 saturated carbocycles. The van der Waals surface area contributed by atoms with E-state index in [1.165, 1.54) is 6.08 Å². The molecule has 3 aromatic rings. The topological polar surface area (TPSA) is 115 Å². The van der Waals surface area contributed by atoms with Gasteiger partial charge in [0.15, 0.2) is 6.61 Å². The Hall–Kier alpha value is -3.33. The number of benzene rings is 2. The Morgan fingerprint density at radius 3 is 2.69 bits per heavy atom. The summed E-state index contributed by atoms with van der Waals surface area (Å²) in [5, 5.41) is 20.9. The SMILES string of the molecule is CCOC(=O)COc1ccc2ccccc2c1/C=C(\Sc1nnc(C)o1)C(=O)[O-]. The molecule has 0 aliphatic heterocycles. The summed E-state index contributed by atoms with van der Waals surface area (Å²) in [4.78, 5) is 23.2. The summed E-state index contributed by atoms with van der Waals surface area (Å²) in [7, 11) is 0. The summed E-state index contributed by atoms with van der Waals surface area (Å²) >= 11 is 0.774. The van der Waals surface area contributed by atoms with Crippen LogP contribution in [0.5, 0.6) is 5.75 Å². The van der Waals surface area contributed by atoms with Crippen molar-refractivity contribution in [3.05, 3.63) is 52.8 Å². The Bertz CT molecular complexity index is 1080. The minimum absolute atomic E-state index is 0.0761. The second kappa shape index (κ2) is 9.24. The average molecular weight is 413 g/mol. The molecular formula is C20H17N2O6S-. The molecule has 0 bridgehead atoms. The molecule has 1 heterocycles. The number of aliphatic carboxylic acids is 1. The molecular weight excluding hydrogens is 396 g/mol. The van der Waals surface area contributed by atoms with Crippen molar-refractivity contribution < 1.29 is 28.6 Å². The zero-order chi connectivity index (χ0) is 20.8. The minimum atomic E-state index is -1.41. The van der Waals surface area contributed by atoms with Gasteiger partial charge in [0.1, 0.15) is 5.75 Å². The summed E-state index contributed by atoms with van der Waals surface area (Å²) in [5.41, 5.74) is 0.482. The first kappa shape index (κ1) is 20.4. The van der Waals surface area contributed by atoms with E-state index in [4.69, 9.17) is 13.9 Å². The molecule has 0 N–H and O–H groups in total. The number of carboxylic acids is 1. The highest BCUT2D eigenvalue weighted by Crippen LogP contribution is 2.34. The van der Waals surface area contributed by atoms with E-state index >= 15 is 0 Å². The van der Waals surface area contributed by atoms with Gasteiger partial charge in [0.05, 0.1) is 12.6 Å². The van der Waals surface area contributed by atoms with Gasteiger partial charge in [-0.05, 0) is 41.6 Å². The second-order valence-corrected chi connectivity index (χ2v) is 6.77. The highest BCUT2D eigenvalue weighted by Gasteiger charge is 2.14. The first-order chi connectivity index (χ1) is 14.0. The van der Waals surface area contributed by atoms with Gasteiger partial charge in [-0.2, -0.15) is 0 Å². The number of nitrogens with zero attached hydrogens (tertiary/aromatic N) is 2. The van der Waals surface area contributed by atoms with Crippen LogP contribution in [0.15, 0.2) is 50.9 Å². The number of fused-ring (bicyclic) bond motifs is 1. The first-order valence-electron chi connectivity index (χ1n) is 8.69. The molecule has 9 heteroatoms. The molecule has 0 aliphatic carbocycles. The predicted molar refractivity (Wildman–Crippen MR) is 104 cm³/mol. The van der Waals surface area contributed by atoms with Crippen LogP contribution in [0.4, 0.5) is 0 Å². The van der Waals surface area contributed by atoms with Crippen LogP contribution in [0.25, 0.3) is 16.8 Å². The van der Waals surface area contributed by atoms with Gasteiger partial charge >= 0.3 is 5.97 Å². The van der Waals surface area contributed by atoms with Crippen molar-refractivity contribution in [1.29, 1.82) is 0 Å². The second-order valence-electron chi connectivity index (χ2n) is 5.78. The van der Waals surface area contributed by atoms with Gasteiger partial charge < -0.3 is 23.8 Å². The predicted octanol–water partition coefficient (Wildman–Crippen LogP) is 2.36. The van der Waals surface area contributed by atoms with Crippen molar-refractivity contribution in [2.75, 3.05) is 13.2 Å². The Morgan fingerprint density at radius 1 is 1.21 bits per heavy atom. The monoisotopic (exact) mass is 413 g/mol. The Morgan fingerprint density at radius 2 is 2.00 bits per heavy atom. The summed E-state index contributed by atoms with van der Waals surface area (Å²) < 4.78 is 15.7. The number of ether oxygens (including phenoxy) is 2. The van der Waals surface area contributed by atoms with Crippen LogP contribution in [0.2, 0.25) is 0 Å². The molecule has 0 aliphatic rings. The van der Waals surface area contributed by atoms with Crippen molar-refractivity contribution in [3.8, 4) is 5.75 Å². The fraction of sp³-hybridized carbons (Fsp3) is 0.200. The quantitative estimate of drug-likeness (QED) is 0.312. The van der Waals surface area contributed by atoms with Gasteiger partial charge in [0.25, 0.3) is 5.22 Å². The Labute approximate surface area is 170 Å². The average Bonchev–Trinajstić information content (AvgIpc) is 3.11. The number of hydrogen-bond donors (Lipinski definition) is 0. The minimum Gasteiger partial charge on any atom is -0.544 e. The van der Waals surface area contributed by atoms with Crippen LogP contribution >= 0.6 is 11.8 Å². The molecule has 8 nitrogen and oxygen atoms in total. The number of rotatable bonds is 8. The zero-order valence-corrected chi connectivity index (χ0v) is 16.5. The summed E-state index contributed by atoms with van der Waals surface area (Å²) in [5.74, 6) is -1.28. The molecule has 0 spiro atoms. The van der Waals surface area contributed by atoms with Gasteiger partial charge in [0, 0.05) is 17.4 Å². The van der Waals surface area contributed by atoms with E-state index in [0.717, 1.165) is 22.5 Å². The van der Waals surface area contributed by atoms with Crippen molar-refractivity contribution >= 4 is 40.5 Å². The molecule has 2 aromatic carbocycles. The Balaban J connectivity index is 2.03. The van der Waals surface area contributed by atoms with Gasteiger partial charge in [-0.1, -0.05) is 30.3 Å². The molecule has 1 aromatic heterocycles. The first-order valence-corrected chi connectivity index (χ1v) is 9.50. The van der Waals surface area contributed by atoms with Crippen LogP contribution < -0.4 is 9.84 Å². The van der Waals surface area contributed by atoms with E-state index in [0.29, 0.717) is 17.2 Å². The number of carbonyl (C=O) groups is 2. The van der Waals surface area contributed by atoms with Crippen LogP contribution in [-0.4, -0.2) is 35.3 Å². The van der Waals surface area contributed by atoms with Crippen LogP contribution in [0, 0.1) is 6.92 Å². The molecule has 0 saturated heterocycles. The fourth-order valence-electron chi connectivity index (χ4n) is 2.56. The lowest BCUT2D eigenvalue weighted by atomic mass is 10.0. The standard InChI is InChI=1S/C20H18N2O6S/c1-3-26-18(23)11-27-16-9-8-13-6-4-5-7-14(13)15(16)10-17(19(24)25)29-20-22-21-12(2)28-20/h4-10H,3,11H2,1-2H3,(H,24,25)/p-1/b17-10-. The molecule has 0 atom stereocenters. The molecule has 0 amide bonds. The van der Waals surface area contributed by atoms with Crippen molar-refractivity contribution in [2.45, 2.75) is 19.1 Å². The number of carbonyl (C=O) groups excluding carboxylic acids is 2. The summed E-state index contributed by atoms with van der Waals surface area (Å²) in [6.07, 6.45) is 1.41. The maximum absolute atomic E-state index is 11.7. The lowest BCUT2D eigenvalue weighted by Gasteiger charge is -2.13. The van der Waals surface area contributed by atoms with E-state index in [2.05, 4.69) is 10.2 Å². The van der Waals surface area contributed by atoms with Crippen molar-refractivity contribution in [1.82, 2.24) is 10.2 Å². The van der Waals surface area contributed by atoms with Gasteiger partial charge in [-0.15, -0.1) is 10.2 Å². The molecule has 0 radical (unpaired) electrons. The van der Waals surface area contributed by atoms with Crippen LogP contribution in [0.3, 0.4) is 0 Å². The molecule has 150 valence electrons. The summed E-state index contributed by atoms with van der Waals surface area (Å²) in [6, 6.07) is 10.9. The maximum Gasteiger partial charge on any atom is 0.344 e. The van der Waals surface area contributed by atoms with Gasteiger partial charge in [-0.25, -0.2) is 4.79 Å². The zero-order valence-electron chi connectivity index (χ0n) is 15.7. The highest BCUT2D eigenvalue weighted by molar-refractivity contribution is 8.03. The molecule has 0 unspecified atom stereocenters. The lowest BCUT2D eigenvalue weighted by Crippen LogP contribution is -2.23. The van der Waals surface area contributed by atoms with E-state index in [1.54, 1.807) is 19.9 Å². The van der Waals surface area contributed by atoms with Crippen LogP contribution in [-0.2, 0) is 14.3 Å². The summed E-state index contributed by atoms with van der Waals surface area (Å²) in [6.45, 7) is 3.24. The largest absolute Gasteiger partial charge is 0.544 e. The number of aryl methyl sites for hydroxylation is 1. The van der Waals surface area contributed by atoms with Gasteiger partial charge in [0.2, 0.25) is 5.89 Å². The number of esters is 1. The fourth-order valence-corrected chi connectivity index (χ4v) is 3.26. The highest BCUT2D eigenvalue weighted by atomic mass is 32.2. The van der Waals surface area contributed by atoms with E-state index in [1.807, 2.05) is 30.3 Å².